The van der Waals surface area contributed by atoms with Crippen LogP contribution >= 0.6 is 0 Å². The number of piperidine rings is 1. The molecule has 0 radical (unpaired) electrons. The summed E-state index contributed by atoms with van der Waals surface area (Å²) in [5.41, 5.74) is 0.493. The predicted octanol–water partition coefficient (Wildman–Crippen LogP) is 1.42. The van der Waals surface area contributed by atoms with Crippen LogP contribution in [0.3, 0.4) is 0 Å². The lowest BCUT2D eigenvalue weighted by molar-refractivity contribution is -0.384. The maximum absolute atomic E-state index is 12.3. The molecule has 1 fully saturated rings. The van der Waals surface area contributed by atoms with E-state index in [0.29, 0.717) is 5.56 Å². The van der Waals surface area contributed by atoms with Gasteiger partial charge in [-0.05, 0) is 38.1 Å². The minimum Gasteiger partial charge on any atom is -0.339 e. The maximum atomic E-state index is 12.3. The molecule has 1 aromatic rings. The molecule has 0 bridgehead atoms. The molecule has 0 spiro atoms. The van der Waals surface area contributed by atoms with E-state index >= 15 is 0 Å². The van der Waals surface area contributed by atoms with E-state index in [0.717, 1.165) is 25.9 Å². The number of nitro groups is 1. The van der Waals surface area contributed by atoms with Gasteiger partial charge in [-0.3, -0.25) is 14.9 Å². The molecule has 0 aromatic heterocycles. The fourth-order valence-corrected chi connectivity index (χ4v) is 2.29. The number of hydrogen-bond donors (Lipinski definition) is 1. The van der Waals surface area contributed by atoms with E-state index in [9.17, 15) is 14.9 Å². The van der Waals surface area contributed by atoms with Crippen molar-refractivity contribution in [3.63, 3.8) is 0 Å². The van der Waals surface area contributed by atoms with Gasteiger partial charge in [0.25, 0.3) is 11.6 Å². The fourth-order valence-electron chi connectivity index (χ4n) is 2.29. The summed E-state index contributed by atoms with van der Waals surface area (Å²) in [6, 6.07) is 5.99. The smallest absolute Gasteiger partial charge is 0.269 e. The Morgan fingerprint density at radius 3 is 2.42 bits per heavy atom. The van der Waals surface area contributed by atoms with E-state index in [-0.39, 0.29) is 17.6 Å². The molecular formula is C13H17N3O3. The Labute approximate surface area is 111 Å². The van der Waals surface area contributed by atoms with E-state index < -0.39 is 4.92 Å². The largest absolute Gasteiger partial charge is 0.339 e. The molecule has 6 heteroatoms. The van der Waals surface area contributed by atoms with Gasteiger partial charge in [0.15, 0.2) is 0 Å². The highest BCUT2D eigenvalue weighted by atomic mass is 16.6. The standard InChI is InChI=1S/C13H17N3O3/c1-15(11-6-8-14-9-7-11)13(17)10-2-4-12(5-3-10)16(18)19/h2-5,11,14H,6-9H2,1H3. The Morgan fingerprint density at radius 1 is 1.32 bits per heavy atom. The Morgan fingerprint density at radius 2 is 1.89 bits per heavy atom. The molecule has 102 valence electrons. The number of benzene rings is 1. The minimum absolute atomic E-state index is 0.000990. The zero-order chi connectivity index (χ0) is 13.8. The van der Waals surface area contributed by atoms with Crippen LogP contribution in [0.5, 0.6) is 0 Å². The molecule has 1 N–H and O–H groups in total. The van der Waals surface area contributed by atoms with E-state index in [1.165, 1.54) is 24.3 Å². The molecule has 1 heterocycles. The fraction of sp³-hybridized carbons (Fsp3) is 0.462. The minimum atomic E-state index is -0.467. The first-order chi connectivity index (χ1) is 9.09. The van der Waals surface area contributed by atoms with Crippen LogP contribution in [0.1, 0.15) is 23.2 Å². The van der Waals surface area contributed by atoms with Crippen LogP contribution in [0.2, 0.25) is 0 Å². The number of carbonyl (C=O) groups is 1. The summed E-state index contributed by atoms with van der Waals surface area (Å²) in [5.74, 6) is -0.0817. The van der Waals surface area contributed by atoms with Crippen molar-refractivity contribution in [1.82, 2.24) is 10.2 Å². The summed E-state index contributed by atoms with van der Waals surface area (Å²) in [5, 5.41) is 13.8. The van der Waals surface area contributed by atoms with E-state index in [1.807, 2.05) is 0 Å². The summed E-state index contributed by atoms with van der Waals surface area (Å²) in [6.45, 7) is 1.84. The van der Waals surface area contributed by atoms with Gasteiger partial charge < -0.3 is 10.2 Å². The number of nitro benzene ring substituents is 1. The molecule has 0 atom stereocenters. The van der Waals surface area contributed by atoms with Crippen molar-refractivity contribution in [3.8, 4) is 0 Å². The third-order valence-corrected chi connectivity index (χ3v) is 3.50. The SMILES string of the molecule is CN(C(=O)c1ccc([N+](=O)[O-])cc1)C1CCNCC1. The molecular weight excluding hydrogens is 246 g/mol. The summed E-state index contributed by atoms with van der Waals surface area (Å²) >= 11 is 0. The van der Waals surface area contributed by atoms with Gasteiger partial charge in [-0.2, -0.15) is 0 Å². The van der Waals surface area contributed by atoms with E-state index in [1.54, 1.807) is 11.9 Å². The third-order valence-electron chi connectivity index (χ3n) is 3.50. The van der Waals surface area contributed by atoms with E-state index in [2.05, 4.69) is 5.32 Å². The van der Waals surface area contributed by atoms with Crippen molar-refractivity contribution >= 4 is 11.6 Å². The molecule has 1 amide bonds. The lowest BCUT2D eigenvalue weighted by atomic mass is 10.0. The maximum Gasteiger partial charge on any atom is 0.269 e. The van der Waals surface area contributed by atoms with Gasteiger partial charge in [-0.15, -0.1) is 0 Å². The van der Waals surface area contributed by atoms with Crippen LogP contribution in [-0.4, -0.2) is 41.9 Å². The average Bonchev–Trinajstić information content (AvgIpc) is 2.46. The lowest BCUT2D eigenvalue weighted by Gasteiger charge is -2.31. The van der Waals surface area contributed by atoms with Crippen molar-refractivity contribution in [2.24, 2.45) is 0 Å². The van der Waals surface area contributed by atoms with Crippen molar-refractivity contribution in [3.05, 3.63) is 39.9 Å². The summed E-state index contributed by atoms with van der Waals surface area (Å²) in [7, 11) is 1.79. The zero-order valence-electron chi connectivity index (χ0n) is 10.8. The Bertz CT molecular complexity index is 467. The number of nitrogens with one attached hydrogen (secondary N) is 1. The first-order valence-electron chi connectivity index (χ1n) is 6.32. The second-order valence-corrected chi connectivity index (χ2v) is 4.70. The average molecular weight is 263 g/mol. The first-order valence-corrected chi connectivity index (χ1v) is 6.32. The van der Waals surface area contributed by atoms with Gasteiger partial charge in [-0.25, -0.2) is 0 Å². The molecule has 1 saturated heterocycles. The van der Waals surface area contributed by atoms with Crippen LogP contribution in [0.25, 0.3) is 0 Å². The van der Waals surface area contributed by atoms with E-state index in [4.69, 9.17) is 0 Å². The highest BCUT2D eigenvalue weighted by Gasteiger charge is 2.23. The quantitative estimate of drug-likeness (QED) is 0.661. The van der Waals surface area contributed by atoms with Crippen LogP contribution in [0, 0.1) is 10.1 Å². The summed E-state index contributed by atoms with van der Waals surface area (Å²) in [4.78, 5) is 24.1. The van der Waals surface area contributed by atoms with Gasteiger partial charge in [-0.1, -0.05) is 0 Å². The van der Waals surface area contributed by atoms with Crippen LogP contribution in [0.4, 0.5) is 5.69 Å². The van der Waals surface area contributed by atoms with Gasteiger partial charge in [0.05, 0.1) is 4.92 Å². The second kappa shape index (κ2) is 5.79. The van der Waals surface area contributed by atoms with Crippen LogP contribution in [0.15, 0.2) is 24.3 Å². The molecule has 1 aliphatic heterocycles. The second-order valence-electron chi connectivity index (χ2n) is 4.70. The molecule has 2 rings (SSSR count). The summed E-state index contributed by atoms with van der Waals surface area (Å²) in [6.07, 6.45) is 1.88. The zero-order valence-corrected chi connectivity index (χ0v) is 10.8. The van der Waals surface area contributed by atoms with Crippen molar-refractivity contribution in [1.29, 1.82) is 0 Å². The Kier molecular flexibility index (Phi) is 4.11. The molecule has 0 aliphatic carbocycles. The third kappa shape index (κ3) is 3.08. The number of hydrogen-bond acceptors (Lipinski definition) is 4. The van der Waals surface area contributed by atoms with Gasteiger partial charge >= 0.3 is 0 Å². The first kappa shape index (κ1) is 13.5. The number of non-ortho nitro benzene ring substituents is 1. The Hall–Kier alpha value is -1.95. The number of rotatable bonds is 3. The van der Waals surface area contributed by atoms with Crippen LogP contribution < -0.4 is 5.32 Å². The van der Waals surface area contributed by atoms with Crippen LogP contribution in [-0.2, 0) is 0 Å². The number of nitrogens with zero attached hydrogens (tertiary/aromatic N) is 2. The highest BCUT2D eigenvalue weighted by Crippen LogP contribution is 2.16. The van der Waals surface area contributed by atoms with Crippen molar-refractivity contribution in [2.45, 2.75) is 18.9 Å². The molecule has 1 aromatic carbocycles. The topological polar surface area (TPSA) is 75.5 Å². The molecule has 1 aliphatic rings. The van der Waals surface area contributed by atoms with Gasteiger partial charge in [0, 0.05) is 30.8 Å². The molecule has 6 nitrogen and oxygen atoms in total. The summed E-state index contributed by atoms with van der Waals surface area (Å²) < 4.78 is 0. The van der Waals surface area contributed by atoms with Gasteiger partial charge in [0.2, 0.25) is 0 Å². The van der Waals surface area contributed by atoms with Crippen molar-refractivity contribution in [2.75, 3.05) is 20.1 Å². The molecule has 0 unspecified atom stereocenters. The lowest BCUT2D eigenvalue weighted by Crippen LogP contribution is -2.43. The molecule has 0 saturated carbocycles. The number of amides is 1. The number of carbonyl (C=O) groups excluding carboxylic acids is 1. The highest BCUT2D eigenvalue weighted by molar-refractivity contribution is 5.94. The van der Waals surface area contributed by atoms with Crippen molar-refractivity contribution < 1.29 is 9.72 Å². The molecule has 19 heavy (non-hydrogen) atoms. The monoisotopic (exact) mass is 263 g/mol. The van der Waals surface area contributed by atoms with Gasteiger partial charge in [0.1, 0.15) is 0 Å². The predicted molar refractivity (Wildman–Crippen MR) is 71.1 cm³/mol. The Balaban J connectivity index is 2.07. The normalized spacial score (nSPS) is 16.1.